The highest BCUT2D eigenvalue weighted by molar-refractivity contribution is 7.99. The summed E-state index contributed by atoms with van der Waals surface area (Å²) in [6.07, 6.45) is 13.8. The molecule has 1 aliphatic heterocycles. The number of hydrogen-bond donors (Lipinski definition) is 1. The summed E-state index contributed by atoms with van der Waals surface area (Å²) in [6, 6.07) is 12.0. The lowest BCUT2D eigenvalue weighted by atomic mass is 9.81. The molecular weight excluding hydrogens is 414 g/mol. The smallest absolute Gasteiger partial charge is 0.416 e. The van der Waals surface area contributed by atoms with Crippen LogP contribution in [0.1, 0.15) is 90.2 Å². The molecule has 1 aliphatic rings. The molecule has 0 unspecified atom stereocenters. The Balaban J connectivity index is 1.84. The lowest BCUT2D eigenvalue weighted by Gasteiger charge is -2.35. The van der Waals surface area contributed by atoms with E-state index in [4.69, 9.17) is 0 Å². The van der Waals surface area contributed by atoms with Gasteiger partial charge in [0, 0.05) is 9.79 Å². The van der Waals surface area contributed by atoms with Crippen molar-refractivity contribution in [2.24, 2.45) is 0 Å². The number of allylic oxidation sites excluding steroid dienone is 1. The summed E-state index contributed by atoms with van der Waals surface area (Å²) in [7, 11) is 0. The van der Waals surface area contributed by atoms with Gasteiger partial charge in [-0.15, -0.1) is 0 Å². The highest BCUT2D eigenvalue weighted by Gasteiger charge is 2.34. The van der Waals surface area contributed by atoms with E-state index in [1.807, 2.05) is 24.3 Å². The normalized spacial score (nSPS) is 13.3. The Labute approximate surface area is 197 Å². The minimum Gasteiger partial charge on any atom is -0.464 e. The number of carboxylic acid groups (broad SMARTS) is 1. The fraction of sp³-hybridized carbons (Fsp3) is 0.464. The molecule has 172 valence electrons. The summed E-state index contributed by atoms with van der Waals surface area (Å²) in [5.41, 5.74) is 3.57. The molecule has 32 heavy (non-hydrogen) atoms. The highest BCUT2D eigenvalue weighted by Crippen LogP contribution is 2.52. The maximum atomic E-state index is 12.4. The molecule has 1 amide bonds. The molecule has 0 spiro atoms. The molecule has 0 bridgehead atoms. The van der Waals surface area contributed by atoms with Crippen LogP contribution in [0, 0.1) is 0 Å². The van der Waals surface area contributed by atoms with Gasteiger partial charge >= 0.3 is 6.09 Å². The molecule has 0 saturated heterocycles. The van der Waals surface area contributed by atoms with Crippen molar-refractivity contribution in [2.45, 2.75) is 94.3 Å². The quantitative estimate of drug-likeness (QED) is 0.386. The molecule has 0 atom stereocenters. The van der Waals surface area contributed by atoms with E-state index < -0.39 is 6.09 Å². The molecule has 3 nitrogen and oxygen atoms in total. The number of amides is 1. The van der Waals surface area contributed by atoms with Crippen LogP contribution in [0.5, 0.6) is 0 Å². The Hall–Kier alpha value is -2.20. The maximum absolute atomic E-state index is 12.4. The fourth-order valence-corrected chi connectivity index (χ4v) is 5.49. The molecule has 0 fully saturated rings. The van der Waals surface area contributed by atoms with Crippen molar-refractivity contribution >= 4 is 35.3 Å². The molecule has 0 radical (unpaired) electrons. The average molecular weight is 452 g/mol. The number of rotatable bonds is 9. The third-order valence-corrected chi connectivity index (χ3v) is 7.05. The Morgan fingerprint density at radius 2 is 1.66 bits per heavy atom. The van der Waals surface area contributed by atoms with Crippen LogP contribution in [-0.2, 0) is 5.41 Å². The van der Waals surface area contributed by atoms with Crippen LogP contribution in [0.4, 0.5) is 16.2 Å². The van der Waals surface area contributed by atoms with Crippen LogP contribution in [0.15, 0.2) is 52.3 Å². The van der Waals surface area contributed by atoms with Gasteiger partial charge in [-0.2, -0.15) is 0 Å². The van der Waals surface area contributed by atoms with Gasteiger partial charge in [0.2, 0.25) is 0 Å². The van der Waals surface area contributed by atoms with E-state index in [-0.39, 0.29) is 5.41 Å². The topological polar surface area (TPSA) is 40.5 Å². The van der Waals surface area contributed by atoms with Crippen LogP contribution in [0.3, 0.4) is 0 Å². The van der Waals surface area contributed by atoms with Gasteiger partial charge in [0.05, 0.1) is 11.4 Å². The Kier molecular flexibility index (Phi) is 8.47. The minimum absolute atomic E-state index is 0.190. The van der Waals surface area contributed by atoms with Gasteiger partial charge in [-0.3, -0.25) is 0 Å². The Morgan fingerprint density at radius 3 is 2.34 bits per heavy atom. The van der Waals surface area contributed by atoms with E-state index in [1.165, 1.54) is 49.8 Å². The van der Waals surface area contributed by atoms with Gasteiger partial charge in [0.1, 0.15) is 0 Å². The SMILES string of the molecule is CCCCCCCCCC=Cc1ccc2c(c1C(C)(C)C)N(C(=O)O)c1ccccc1S2. The lowest BCUT2D eigenvalue weighted by Crippen LogP contribution is -2.30. The predicted molar refractivity (Wildman–Crippen MR) is 138 cm³/mol. The number of hydrogen-bond acceptors (Lipinski definition) is 2. The standard InChI is InChI=1S/C28H37NO2S/c1-5-6-7-8-9-10-11-12-13-16-21-19-20-24-26(25(21)28(2,3)4)29(27(30)31)22-17-14-15-18-23(22)32-24/h13-20H,5-12H2,1-4H3,(H,30,31). The second kappa shape index (κ2) is 11.1. The average Bonchev–Trinajstić information content (AvgIpc) is 2.75. The molecule has 2 aromatic rings. The predicted octanol–water partition coefficient (Wildman–Crippen LogP) is 9.42. The largest absolute Gasteiger partial charge is 0.464 e. The van der Waals surface area contributed by atoms with Crippen molar-refractivity contribution < 1.29 is 9.90 Å². The van der Waals surface area contributed by atoms with Crippen molar-refractivity contribution in [3.63, 3.8) is 0 Å². The van der Waals surface area contributed by atoms with E-state index in [0.29, 0.717) is 0 Å². The van der Waals surface area contributed by atoms with Gasteiger partial charge in [0.25, 0.3) is 0 Å². The minimum atomic E-state index is -0.936. The maximum Gasteiger partial charge on any atom is 0.416 e. The second-order valence-electron chi connectivity index (χ2n) is 9.63. The van der Waals surface area contributed by atoms with Gasteiger partial charge in [-0.05, 0) is 47.6 Å². The first-order valence-corrected chi connectivity index (χ1v) is 12.8. The van der Waals surface area contributed by atoms with Crippen molar-refractivity contribution in [1.82, 2.24) is 0 Å². The zero-order valence-corrected chi connectivity index (χ0v) is 20.8. The molecule has 0 aliphatic carbocycles. The van der Waals surface area contributed by atoms with Gasteiger partial charge in [-0.25, -0.2) is 9.69 Å². The summed E-state index contributed by atoms with van der Waals surface area (Å²) in [5.74, 6) is 0. The zero-order valence-electron chi connectivity index (χ0n) is 20.0. The van der Waals surface area contributed by atoms with E-state index >= 15 is 0 Å². The molecular formula is C28H37NO2S. The first-order valence-electron chi connectivity index (χ1n) is 12.0. The van der Waals surface area contributed by atoms with E-state index in [0.717, 1.165) is 38.7 Å². The molecule has 1 heterocycles. The lowest BCUT2D eigenvalue weighted by molar-refractivity contribution is 0.204. The molecule has 0 saturated carbocycles. The van der Waals surface area contributed by atoms with Crippen LogP contribution < -0.4 is 4.90 Å². The van der Waals surface area contributed by atoms with Gasteiger partial charge in [-0.1, -0.05) is 108 Å². The number of nitrogens with zero attached hydrogens (tertiary/aromatic N) is 1. The van der Waals surface area contributed by atoms with Crippen molar-refractivity contribution in [2.75, 3.05) is 4.90 Å². The number of anilines is 2. The highest BCUT2D eigenvalue weighted by atomic mass is 32.2. The second-order valence-corrected chi connectivity index (χ2v) is 10.7. The van der Waals surface area contributed by atoms with Crippen molar-refractivity contribution in [3.05, 3.63) is 53.6 Å². The number of fused-ring (bicyclic) bond motifs is 2. The first kappa shape index (κ1) is 24.4. The summed E-state index contributed by atoms with van der Waals surface area (Å²) in [6.45, 7) is 8.76. The molecule has 0 aromatic heterocycles. The number of carbonyl (C=O) groups is 1. The molecule has 4 heteroatoms. The fourth-order valence-electron chi connectivity index (χ4n) is 4.41. The zero-order chi connectivity index (χ0) is 23.1. The van der Waals surface area contributed by atoms with Crippen LogP contribution in [0.25, 0.3) is 6.08 Å². The third-order valence-electron chi connectivity index (χ3n) is 5.94. The first-order chi connectivity index (χ1) is 15.3. The molecule has 2 aromatic carbocycles. The Morgan fingerprint density at radius 1 is 0.969 bits per heavy atom. The van der Waals surface area contributed by atoms with Crippen LogP contribution in [0.2, 0.25) is 0 Å². The Bertz CT molecular complexity index is 958. The number of unbranched alkanes of at least 4 members (excludes halogenated alkanes) is 7. The number of benzene rings is 2. The third kappa shape index (κ3) is 5.78. The summed E-state index contributed by atoms with van der Waals surface area (Å²) < 4.78 is 0. The van der Waals surface area contributed by atoms with Crippen molar-refractivity contribution in [1.29, 1.82) is 0 Å². The monoisotopic (exact) mass is 451 g/mol. The molecule has 3 rings (SSSR count). The van der Waals surface area contributed by atoms with Crippen LogP contribution in [-0.4, -0.2) is 11.2 Å². The van der Waals surface area contributed by atoms with E-state index in [2.05, 4.69) is 52.0 Å². The van der Waals surface area contributed by atoms with E-state index in [9.17, 15) is 9.90 Å². The van der Waals surface area contributed by atoms with Gasteiger partial charge < -0.3 is 5.11 Å². The van der Waals surface area contributed by atoms with E-state index in [1.54, 1.807) is 11.8 Å². The number of para-hydroxylation sites is 1. The van der Waals surface area contributed by atoms with Crippen molar-refractivity contribution in [3.8, 4) is 0 Å². The van der Waals surface area contributed by atoms with Crippen LogP contribution >= 0.6 is 11.8 Å². The van der Waals surface area contributed by atoms with Gasteiger partial charge in [0.15, 0.2) is 0 Å². The summed E-state index contributed by atoms with van der Waals surface area (Å²) in [4.78, 5) is 15.9. The summed E-state index contributed by atoms with van der Waals surface area (Å²) >= 11 is 1.66. The molecule has 1 N–H and O–H groups in total. The summed E-state index contributed by atoms with van der Waals surface area (Å²) in [5, 5.41) is 10.2.